The predicted octanol–water partition coefficient (Wildman–Crippen LogP) is 4.61. The van der Waals surface area contributed by atoms with Crippen LogP contribution in [0.5, 0.6) is 0 Å². The molecule has 0 amide bonds. The van der Waals surface area contributed by atoms with Gasteiger partial charge in [-0.25, -0.2) is 0 Å². The summed E-state index contributed by atoms with van der Waals surface area (Å²) in [5.41, 5.74) is 1.23. The topological polar surface area (TPSA) is 18.5 Å². The molecule has 2 aromatic rings. The van der Waals surface area contributed by atoms with E-state index in [1.54, 1.807) is 0 Å². The zero-order valence-electron chi connectivity index (χ0n) is 12.8. The number of hydrogen-bond acceptors (Lipinski definition) is 2. The molecule has 4 atom stereocenters. The fourth-order valence-corrected chi connectivity index (χ4v) is 4.96. The summed E-state index contributed by atoms with van der Waals surface area (Å²) in [6, 6.07) is 15.1. The highest BCUT2D eigenvalue weighted by molar-refractivity contribution is 5.86. The number of hydrogen-bond donors (Lipinski definition) is 0. The van der Waals surface area contributed by atoms with Crippen molar-refractivity contribution in [1.82, 2.24) is 0 Å². The van der Waals surface area contributed by atoms with Crippen molar-refractivity contribution in [3.63, 3.8) is 0 Å². The minimum atomic E-state index is -0.163. The smallest absolute Gasteiger partial charge is 0.153 e. The summed E-state index contributed by atoms with van der Waals surface area (Å²) in [5, 5.41) is 2.55. The van der Waals surface area contributed by atoms with E-state index in [9.17, 15) is 0 Å². The average molecular weight is 292 g/mol. The van der Waals surface area contributed by atoms with Gasteiger partial charge in [-0.2, -0.15) is 0 Å². The van der Waals surface area contributed by atoms with Crippen molar-refractivity contribution >= 4 is 10.8 Å². The predicted molar refractivity (Wildman–Crippen MR) is 86.4 cm³/mol. The molecule has 2 aliphatic heterocycles. The fourth-order valence-electron chi connectivity index (χ4n) is 4.96. The molecule has 1 spiro atoms. The minimum absolute atomic E-state index is 0.00102. The Morgan fingerprint density at radius 1 is 1.09 bits per heavy atom. The summed E-state index contributed by atoms with van der Waals surface area (Å²) in [5.74, 6) is 0.580. The summed E-state index contributed by atoms with van der Waals surface area (Å²) in [7, 11) is 0. The largest absolute Gasteiger partial charge is 0.491 e. The lowest BCUT2D eigenvalue weighted by Crippen LogP contribution is -2.35. The summed E-state index contributed by atoms with van der Waals surface area (Å²) >= 11 is 0. The van der Waals surface area contributed by atoms with Crippen LogP contribution in [-0.4, -0.2) is 12.2 Å². The molecule has 112 valence electrons. The van der Waals surface area contributed by atoms with E-state index >= 15 is 0 Å². The lowest BCUT2D eigenvalue weighted by Gasteiger charge is -2.35. The first-order valence-electron chi connectivity index (χ1n) is 8.22. The maximum Gasteiger partial charge on any atom is 0.153 e. The van der Waals surface area contributed by atoms with Crippen molar-refractivity contribution < 1.29 is 9.47 Å². The van der Waals surface area contributed by atoms with Crippen LogP contribution in [0.1, 0.15) is 31.4 Å². The Kier molecular flexibility index (Phi) is 2.39. The van der Waals surface area contributed by atoms with Crippen LogP contribution >= 0.6 is 0 Å². The van der Waals surface area contributed by atoms with E-state index in [0.717, 1.165) is 13.0 Å². The van der Waals surface area contributed by atoms with E-state index in [1.807, 2.05) is 6.26 Å². The standard InChI is InChI=1S/C20H20O2/c1-19-11-13-21-18(20(19)17(19)10-5-12-22-20)16-9-4-7-14-6-2-3-8-15(14)16/h2-4,6-9,11,13,17-18H,5,10,12H2,1H3/t17-,18+,19-,20+/m0/s1. The first-order chi connectivity index (χ1) is 10.8. The Bertz CT molecular complexity index is 775. The van der Waals surface area contributed by atoms with E-state index in [2.05, 4.69) is 55.5 Å². The summed E-state index contributed by atoms with van der Waals surface area (Å²) in [4.78, 5) is 0. The SMILES string of the molecule is C[C@@]12C=CO[C@H](c3cccc4ccccc34)[C@@]13OCCC[C@H]32. The van der Waals surface area contributed by atoms with Crippen LogP contribution in [-0.2, 0) is 9.47 Å². The van der Waals surface area contributed by atoms with Crippen molar-refractivity contribution in [3.8, 4) is 0 Å². The van der Waals surface area contributed by atoms with E-state index < -0.39 is 0 Å². The van der Waals surface area contributed by atoms with Gasteiger partial charge in [-0.3, -0.25) is 0 Å². The molecule has 0 unspecified atom stereocenters. The molecule has 2 nitrogen and oxygen atoms in total. The summed E-state index contributed by atoms with van der Waals surface area (Å²) in [6.07, 6.45) is 6.53. The van der Waals surface area contributed by atoms with E-state index in [-0.39, 0.29) is 17.1 Å². The Labute approximate surface area is 130 Å². The van der Waals surface area contributed by atoms with Crippen LogP contribution in [0.3, 0.4) is 0 Å². The van der Waals surface area contributed by atoms with Crippen LogP contribution < -0.4 is 0 Å². The molecule has 2 fully saturated rings. The Balaban J connectivity index is 1.70. The van der Waals surface area contributed by atoms with E-state index in [1.165, 1.54) is 22.8 Å². The molecule has 0 aromatic heterocycles. The second-order valence-corrected chi connectivity index (χ2v) is 7.01. The van der Waals surface area contributed by atoms with Crippen molar-refractivity contribution in [2.75, 3.05) is 6.61 Å². The van der Waals surface area contributed by atoms with Gasteiger partial charge in [0.2, 0.25) is 0 Å². The molecule has 1 aliphatic carbocycles. The van der Waals surface area contributed by atoms with Crippen LogP contribution in [0.15, 0.2) is 54.8 Å². The highest BCUT2D eigenvalue weighted by Gasteiger charge is 2.79. The molecular weight excluding hydrogens is 272 g/mol. The maximum absolute atomic E-state index is 6.39. The van der Waals surface area contributed by atoms with Gasteiger partial charge in [-0.1, -0.05) is 49.4 Å². The fraction of sp³-hybridized carbons (Fsp3) is 0.400. The lowest BCUT2D eigenvalue weighted by atomic mass is 9.89. The number of benzene rings is 2. The third-order valence-electron chi connectivity index (χ3n) is 6.10. The minimum Gasteiger partial charge on any atom is -0.491 e. The molecule has 2 heteroatoms. The van der Waals surface area contributed by atoms with Gasteiger partial charge in [-0.15, -0.1) is 0 Å². The van der Waals surface area contributed by atoms with Crippen molar-refractivity contribution in [3.05, 3.63) is 60.4 Å². The average Bonchev–Trinajstić information content (AvgIpc) is 3.15. The molecule has 0 radical (unpaired) electrons. The van der Waals surface area contributed by atoms with E-state index in [0.29, 0.717) is 5.92 Å². The first kappa shape index (κ1) is 12.7. The zero-order valence-corrected chi connectivity index (χ0v) is 12.8. The Morgan fingerprint density at radius 3 is 2.91 bits per heavy atom. The van der Waals surface area contributed by atoms with Crippen molar-refractivity contribution in [2.24, 2.45) is 11.3 Å². The Hall–Kier alpha value is -1.80. The zero-order chi connectivity index (χ0) is 14.8. The Morgan fingerprint density at radius 2 is 1.95 bits per heavy atom. The van der Waals surface area contributed by atoms with Crippen LogP contribution in [0.2, 0.25) is 0 Å². The van der Waals surface area contributed by atoms with Crippen LogP contribution in [0.4, 0.5) is 0 Å². The number of fused-ring (bicyclic) bond motifs is 2. The molecule has 0 bridgehead atoms. The quantitative estimate of drug-likeness (QED) is 0.764. The molecule has 5 rings (SSSR count). The van der Waals surface area contributed by atoms with Gasteiger partial charge in [-0.05, 0) is 29.7 Å². The molecule has 3 aliphatic rings. The highest BCUT2D eigenvalue weighted by Crippen LogP contribution is 2.75. The molecular formula is C20H20O2. The van der Waals surface area contributed by atoms with Gasteiger partial charge in [0.25, 0.3) is 0 Å². The second-order valence-electron chi connectivity index (χ2n) is 7.01. The second kappa shape index (κ2) is 4.14. The summed E-state index contributed by atoms with van der Waals surface area (Å²) in [6.45, 7) is 3.19. The molecule has 0 N–H and O–H groups in total. The number of ether oxygens (including phenoxy) is 2. The highest BCUT2D eigenvalue weighted by atomic mass is 16.6. The maximum atomic E-state index is 6.39. The lowest BCUT2D eigenvalue weighted by molar-refractivity contribution is -0.107. The van der Waals surface area contributed by atoms with E-state index in [4.69, 9.17) is 9.47 Å². The monoisotopic (exact) mass is 292 g/mol. The van der Waals surface area contributed by atoms with Gasteiger partial charge in [0.15, 0.2) is 6.10 Å². The van der Waals surface area contributed by atoms with Crippen LogP contribution in [0, 0.1) is 11.3 Å². The molecule has 1 saturated carbocycles. The molecule has 22 heavy (non-hydrogen) atoms. The van der Waals surface area contributed by atoms with Gasteiger partial charge in [0.05, 0.1) is 6.26 Å². The number of rotatable bonds is 1. The van der Waals surface area contributed by atoms with Gasteiger partial charge < -0.3 is 9.47 Å². The van der Waals surface area contributed by atoms with Crippen molar-refractivity contribution in [1.29, 1.82) is 0 Å². The van der Waals surface area contributed by atoms with Gasteiger partial charge in [0, 0.05) is 23.5 Å². The first-order valence-corrected chi connectivity index (χ1v) is 8.22. The normalized spacial score (nSPS) is 39.0. The third kappa shape index (κ3) is 1.35. The van der Waals surface area contributed by atoms with Crippen molar-refractivity contribution in [2.45, 2.75) is 31.5 Å². The summed E-state index contributed by atoms with van der Waals surface area (Å²) < 4.78 is 12.5. The van der Waals surface area contributed by atoms with Crippen LogP contribution in [0.25, 0.3) is 10.8 Å². The molecule has 2 aromatic carbocycles. The van der Waals surface area contributed by atoms with Gasteiger partial charge >= 0.3 is 0 Å². The molecule has 1 saturated heterocycles. The third-order valence-corrected chi connectivity index (χ3v) is 6.10. The van der Waals surface area contributed by atoms with Gasteiger partial charge in [0.1, 0.15) is 5.60 Å². The molecule has 2 heterocycles.